The lowest BCUT2D eigenvalue weighted by Crippen LogP contribution is -2.09. The van der Waals surface area contributed by atoms with Crippen LogP contribution in [0.15, 0.2) is 29.9 Å². The monoisotopic (exact) mass is 249 g/mol. The number of carboxylic acids is 1. The quantitative estimate of drug-likeness (QED) is 0.846. The Morgan fingerprint density at radius 2 is 2.35 bits per heavy atom. The molecule has 0 aliphatic rings. The van der Waals surface area contributed by atoms with E-state index in [1.54, 1.807) is 11.3 Å². The molecule has 2 rings (SSSR count). The molecule has 0 radical (unpaired) electrons. The number of aromatic carboxylic acids is 1. The van der Waals surface area contributed by atoms with Gasteiger partial charge in [0.15, 0.2) is 5.69 Å². The molecular formula is C11H11N3O2S. The molecular weight excluding hydrogens is 238 g/mol. The number of aromatic nitrogens is 2. The molecule has 2 heterocycles. The molecule has 0 spiro atoms. The Kier molecular flexibility index (Phi) is 3.66. The summed E-state index contributed by atoms with van der Waals surface area (Å²) in [4.78, 5) is 19.7. The number of nitrogens with zero attached hydrogens (tertiary/aromatic N) is 2. The van der Waals surface area contributed by atoms with Gasteiger partial charge in [-0.2, -0.15) is 0 Å². The Morgan fingerprint density at radius 1 is 1.47 bits per heavy atom. The van der Waals surface area contributed by atoms with E-state index in [1.165, 1.54) is 17.3 Å². The first-order valence-electron chi connectivity index (χ1n) is 5.07. The van der Waals surface area contributed by atoms with Crippen LogP contribution < -0.4 is 5.32 Å². The first-order chi connectivity index (χ1) is 8.25. The maximum atomic E-state index is 10.7. The van der Waals surface area contributed by atoms with Crippen LogP contribution in [0.4, 0.5) is 5.82 Å². The number of thiophene rings is 1. The van der Waals surface area contributed by atoms with Gasteiger partial charge in [-0.3, -0.25) is 4.98 Å². The lowest BCUT2D eigenvalue weighted by Gasteiger charge is -2.04. The first-order valence-corrected chi connectivity index (χ1v) is 5.95. The first kappa shape index (κ1) is 11.5. The van der Waals surface area contributed by atoms with Crippen LogP contribution in [0.5, 0.6) is 0 Å². The molecule has 17 heavy (non-hydrogen) atoms. The minimum absolute atomic E-state index is 0.0499. The van der Waals surface area contributed by atoms with Crippen molar-refractivity contribution < 1.29 is 9.90 Å². The summed E-state index contributed by atoms with van der Waals surface area (Å²) in [5, 5.41) is 13.8. The normalized spacial score (nSPS) is 10.1. The van der Waals surface area contributed by atoms with E-state index in [0.717, 1.165) is 6.42 Å². The molecule has 2 aromatic rings. The largest absolute Gasteiger partial charge is 0.476 e. The maximum absolute atomic E-state index is 10.7. The number of hydrogen-bond donors (Lipinski definition) is 2. The van der Waals surface area contributed by atoms with Crippen LogP contribution in [0.2, 0.25) is 0 Å². The highest BCUT2D eigenvalue weighted by molar-refractivity contribution is 7.09. The third-order valence-corrected chi connectivity index (χ3v) is 3.05. The number of carbonyl (C=O) groups is 1. The highest BCUT2D eigenvalue weighted by Crippen LogP contribution is 2.09. The summed E-state index contributed by atoms with van der Waals surface area (Å²) in [7, 11) is 0. The zero-order chi connectivity index (χ0) is 12.1. The average Bonchev–Trinajstić information content (AvgIpc) is 2.82. The van der Waals surface area contributed by atoms with E-state index in [-0.39, 0.29) is 5.69 Å². The summed E-state index contributed by atoms with van der Waals surface area (Å²) >= 11 is 1.70. The van der Waals surface area contributed by atoms with E-state index in [4.69, 9.17) is 5.11 Å². The van der Waals surface area contributed by atoms with E-state index in [2.05, 4.69) is 21.4 Å². The standard InChI is InChI=1S/C11H11N3O2S/c15-11(16)9-6-12-7-10(14-9)13-4-3-8-2-1-5-17-8/h1-2,5-7H,3-4H2,(H,13,14)(H,15,16). The highest BCUT2D eigenvalue weighted by Gasteiger charge is 2.05. The van der Waals surface area contributed by atoms with E-state index in [0.29, 0.717) is 12.4 Å². The minimum atomic E-state index is -1.07. The Balaban J connectivity index is 1.90. The van der Waals surface area contributed by atoms with Gasteiger partial charge >= 0.3 is 5.97 Å². The van der Waals surface area contributed by atoms with Gasteiger partial charge in [-0.1, -0.05) is 6.07 Å². The molecule has 2 N–H and O–H groups in total. The van der Waals surface area contributed by atoms with Gasteiger partial charge < -0.3 is 10.4 Å². The van der Waals surface area contributed by atoms with Crippen LogP contribution in [-0.2, 0) is 6.42 Å². The van der Waals surface area contributed by atoms with Crippen molar-refractivity contribution in [3.63, 3.8) is 0 Å². The van der Waals surface area contributed by atoms with Crippen molar-refractivity contribution in [1.82, 2.24) is 9.97 Å². The van der Waals surface area contributed by atoms with Crippen LogP contribution in [-0.4, -0.2) is 27.6 Å². The topological polar surface area (TPSA) is 75.1 Å². The van der Waals surface area contributed by atoms with Gasteiger partial charge in [0, 0.05) is 11.4 Å². The molecule has 5 nitrogen and oxygen atoms in total. The lowest BCUT2D eigenvalue weighted by molar-refractivity contribution is 0.0690. The summed E-state index contributed by atoms with van der Waals surface area (Å²) in [6.45, 7) is 0.707. The van der Waals surface area contributed by atoms with Crippen molar-refractivity contribution >= 4 is 23.1 Å². The minimum Gasteiger partial charge on any atom is -0.476 e. The van der Waals surface area contributed by atoms with Gasteiger partial charge in [-0.15, -0.1) is 11.3 Å². The van der Waals surface area contributed by atoms with Crippen molar-refractivity contribution in [2.45, 2.75) is 6.42 Å². The molecule has 6 heteroatoms. The van der Waals surface area contributed by atoms with Gasteiger partial charge in [0.2, 0.25) is 0 Å². The Bertz CT molecular complexity index is 499. The fourth-order valence-electron chi connectivity index (χ4n) is 1.32. The second-order valence-electron chi connectivity index (χ2n) is 3.35. The van der Waals surface area contributed by atoms with Crippen LogP contribution >= 0.6 is 11.3 Å². The molecule has 0 bridgehead atoms. The fraction of sp³-hybridized carbons (Fsp3) is 0.182. The Hall–Kier alpha value is -1.95. The zero-order valence-corrected chi connectivity index (χ0v) is 9.78. The van der Waals surface area contributed by atoms with Gasteiger partial charge in [0.1, 0.15) is 5.82 Å². The predicted octanol–water partition coefficient (Wildman–Crippen LogP) is 1.89. The number of rotatable bonds is 5. The van der Waals surface area contributed by atoms with Crippen LogP contribution in [0.1, 0.15) is 15.4 Å². The third kappa shape index (κ3) is 3.25. The summed E-state index contributed by atoms with van der Waals surface area (Å²) in [6.07, 6.45) is 3.63. The molecule has 0 atom stereocenters. The summed E-state index contributed by atoms with van der Waals surface area (Å²) in [5.74, 6) is -0.583. The SMILES string of the molecule is O=C(O)c1cncc(NCCc2cccs2)n1. The number of nitrogens with one attached hydrogen (secondary N) is 1. The molecule has 0 fully saturated rings. The average molecular weight is 249 g/mol. The molecule has 0 aliphatic carbocycles. The van der Waals surface area contributed by atoms with Gasteiger partial charge in [-0.05, 0) is 17.9 Å². The second kappa shape index (κ2) is 5.40. The fourth-order valence-corrected chi connectivity index (χ4v) is 2.03. The highest BCUT2D eigenvalue weighted by atomic mass is 32.1. The summed E-state index contributed by atoms with van der Waals surface area (Å²) < 4.78 is 0. The van der Waals surface area contributed by atoms with Crippen LogP contribution in [0.3, 0.4) is 0 Å². The maximum Gasteiger partial charge on any atom is 0.356 e. The zero-order valence-electron chi connectivity index (χ0n) is 8.96. The second-order valence-corrected chi connectivity index (χ2v) is 4.38. The third-order valence-electron chi connectivity index (χ3n) is 2.11. The molecule has 0 saturated heterocycles. The van der Waals surface area contributed by atoms with Crippen molar-refractivity contribution in [2.75, 3.05) is 11.9 Å². The van der Waals surface area contributed by atoms with E-state index >= 15 is 0 Å². The molecule has 0 amide bonds. The number of hydrogen-bond acceptors (Lipinski definition) is 5. The van der Waals surface area contributed by atoms with Crippen molar-refractivity contribution in [1.29, 1.82) is 0 Å². The lowest BCUT2D eigenvalue weighted by atomic mass is 10.3. The van der Waals surface area contributed by atoms with E-state index < -0.39 is 5.97 Å². The van der Waals surface area contributed by atoms with Gasteiger partial charge in [0.25, 0.3) is 0 Å². The predicted molar refractivity (Wildman–Crippen MR) is 65.5 cm³/mol. The molecule has 2 aromatic heterocycles. The van der Waals surface area contributed by atoms with Crippen molar-refractivity contribution in [2.24, 2.45) is 0 Å². The van der Waals surface area contributed by atoms with Gasteiger partial charge in [0.05, 0.1) is 12.4 Å². The van der Waals surface area contributed by atoms with Crippen LogP contribution in [0, 0.1) is 0 Å². The number of carboxylic acid groups (broad SMARTS) is 1. The molecule has 0 saturated carbocycles. The van der Waals surface area contributed by atoms with Crippen molar-refractivity contribution in [3.05, 3.63) is 40.5 Å². The molecule has 0 aromatic carbocycles. The summed E-state index contributed by atoms with van der Waals surface area (Å²) in [5.41, 5.74) is -0.0499. The summed E-state index contributed by atoms with van der Waals surface area (Å²) in [6, 6.07) is 4.07. The molecule has 0 aliphatic heterocycles. The van der Waals surface area contributed by atoms with Crippen molar-refractivity contribution in [3.8, 4) is 0 Å². The smallest absolute Gasteiger partial charge is 0.356 e. The Labute approximate surface area is 102 Å². The molecule has 88 valence electrons. The Morgan fingerprint density at radius 3 is 3.06 bits per heavy atom. The van der Waals surface area contributed by atoms with Crippen LogP contribution in [0.25, 0.3) is 0 Å². The molecule has 0 unspecified atom stereocenters. The number of anilines is 1. The van der Waals surface area contributed by atoms with E-state index in [1.807, 2.05) is 11.4 Å². The van der Waals surface area contributed by atoms with E-state index in [9.17, 15) is 4.79 Å². The van der Waals surface area contributed by atoms with Gasteiger partial charge in [-0.25, -0.2) is 9.78 Å².